The van der Waals surface area contributed by atoms with E-state index in [1.54, 1.807) is 0 Å². The van der Waals surface area contributed by atoms with Gasteiger partial charge in [0.25, 0.3) is 0 Å². The van der Waals surface area contributed by atoms with Gasteiger partial charge in [0.1, 0.15) is 12.4 Å². The van der Waals surface area contributed by atoms with Crippen molar-refractivity contribution in [2.75, 3.05) is 46.0 Å². The lowest BCUT2D eigenvalue weighted by atomic mass is 10.1. The second-order valence-corrected chi connectivity index (χ2v) is 8.31. The Kier molecular flexibility index (Phi) is 12.0. The molecule has 6 nitrogen and oxygen atoms in total. The summed E-state index contributed by atoms with van der Waals surface area (Å²) in [5.41, 5.74) is 2.35. The highest BCUT2D eigenvalue weighted by atomic mass is 127. The maximum Gasteiger partial charge on any atom is 0.194 e. The Morgan fingerprint density at radius 1 is 1.16 bits per heavy atom. The minimum atomic E-state index is 0. The predicted octanol–water partition coefficient (Wildman–Crippen LogP) is 4.32. The summed E-state index contributed by atoms with van der Waals surface area (Å²) in [5, 5.41) is 3.43. The fourth-order valence-corrected chi connectivity index (χ4v) is 4.17. The van der Waals surface area contributed by atoms with Crippen LogP contribution >= 0.6 is 24.0 Å². The molecular weight excluding hydrogens is 505 g/mol. The number of para-hydroxylation sites is 1. The van der Waals surface area contributed by atoms with E-state index in [9.17, 15) is 0 Å². The number of aryl methyl sites for hydroxylation is 2. The van der Waals surface area contributed by atoms with Crippen molar-refractivity contribution >= 4 is 29.9 Å². The number of piperidine rings is 1. The largest absolute Gasteiger partial charge is 0.491 e. The number of rotatable bonds is 8. The molecule has 3 rings (SSSR count). The molecule has 0 bridgehead atoms. The van der Waals surface area contributed by atoms with Crippen LogP contribution in [0.3, 0.4) is 0 Å². The summed E-state index contributed by atoms with van der Waals surface area (Å²) in [6, 6.07) is 6.24. The molecule has 7 heteroatoms. The van der Waals surface area contributed by atoms with E-state index in [2.05, 4.69) is 49.2 Å². The van der Waals surface area contributed by atoms with Crippen LogP contribution in [0.5, 0.6) is 5.75 Å². The quantitative estimate of drug-likeness (QED) is 0.228. The molecule has 31 heavy (non-hydrogen) atoms. The highest BCUT2D eigenvalue weighted by Gasteiger charge is 2.23. The Balaban J connectivity index is 0.00000341. The minimum Gasteiger partial charge on any atom is -0.491 e. The number of ether oxygens (including phenoxy) is 3. The van der Waals surface area contributed by atoms with Gasteiger partial charge in [-0.25, -0.2) is 4.99 Å². The van der Waals surface area contributed by atoms with Gasteiger partial charge in [-0.1, -0.05) is 18.2 Å². The number of halogens is 1. The van der Waals surface area contributed by atoms with E-state index in [-0.39, 0.29) is 24.0 Å². The van der Waals surface area contributed by atoms with Gasteiger partial charge in [0, 0.05) is 26.2 Å². The summed E-state index contributed by atoms with van der Waals surface area (Å²) in [4.78, 5) is 7.15. The maximum atomic E-state index is 6.15. The Bertz CT molecular complexity index is 652. The predicted molar refractivity (Wildman–Crippen MR) is 137 cm³/mol. The highest BCUT2D eigenvalue weighted by molar-refractivity contribution is 14.0. The molecule has 1 aromatic carbocycles. The van der Waals surface area contributed by atoms with Gasteiger partial charge in [0.05, 0.1) is 25.4 Å². The van der Waals surface area contributed by atoms with Crippen LogP contribution in [-0.4, -0.2) is 69.1 Å². The summed E-state index contributed by atoms with van der Waals surface area (Å²) in [6.07, 6.45) is 6.31. The molecule has 2 fully saturated rings. The first-order chi connectivity index (χ1) is 14.7. The second kappa shape index (κ2) is 14.2. The van der Waals surface area contributed by atoms with Crippen molar-refractivity contribution in [3.8, 4) is 5.75 Å². The SMILES string of the molecule is CCNC(=NCCOc1c(C)cccc1C)N1CCC(OCC2CCCCO2)CC1.I. The van der Waals surface area contributed by atoms with Gasteiger partial charge in [-0.15, -0.1) is 24.0 Å². The van der Waals surface area contributed by atoms with Crippen LogP contribution in [0.15, 0.2) is 23.2 Å². The topological polar surface area (TPSA) is 55.3 Å². The molecule has 0 aliphatic carbocycles. The van der Waals surface area contributed by atoms with Crippen molar-refractivity contribution < 1.29 is 14.2 Å². The van der Waals surface area contributed by atoms with Crippen molar-refractivity contribution in [2.45, 2.75) is 65.1 Å². The average Bonchev–Trinajstić information content (AvgIpc) is 2.77. The van der Waals surface area contributed by atoms with Crippen molar-refractivity contribution in [1.29, 1.82) is 0 Å². The fourth-order valence-electron chi connectivity index (χ4n) is 4.17. The average molecular weight is 546 g/mol. The Morgan fingerprint density at radius 3 is 2.55 bits per heavy atom. The van der Waals surface area contributed by atoms with Crippen molar-refractivity contribution in [3.05, 3.63) is 29.3 Å². The number of hydrogen-bond donors (Lipinski definition) is 1. The molecule has 1 aromatic rings. The van der Waals surface area contributed by atoms with Gasteiger partial charge in [-0.3, -0.25) is 0 Å². The van der Waals surface area contributed by atoms with Gasteiger partial charge >= 0.3 is 0 Å². The van der Waals surface area contributed by atoms with Crippen molar-refractivity contribution in [2.24, 2.45) is 4.99 Å². The van der Waals surface area contributed by atoms with Gasteiger partial charge in [0.2, 0.25) is 0 Å². The molecule has 0 aromatic heterocycles. The van der Waals surface area contributed by atoms with Crippen LogP contribution in [0.1, 0.15) is 50.2 Å². The lowest BCUT2D eigenvalue weighted by Gasteiger charge is -2.35. The third-order valence-electron chi connectivity index (χ3n) is 5.88. The normalized spacial score (nSPS) is 20.3. The van der Waals surface area contributed by atoms with E-state index < -0.39 is 0 Å². The van der Waals surface area contributed by atoms with E-state index in [1.807, 2.05) is 0 Å². The van der Waals surface area contributed by atoms with Crippen LogP contribution < -0.4 is 10.1 Å². The van der Waals surface area contributed by atoms with Crippen molar-refractivity contribution in [3.63, 3.8) is 0 Å². The summed E-state index contributed by atoms with van der Waals surface area (Å²) in [6.45, 7) is 12.0. The summed E-state index contributed by atoms with van der Waals surface area (Å²) in [5.74, 6) is 1.97. The zero-order chi connectivity index (χ0) is 21.2. The monoisotopic (exact) mass is 545 g/mol. The van der Waals surface area contributed by atoms with Gasteiger partial charge < -0.3 is 24.4 Å². The molecule has 2 saturated heterocycles. The number of nitrogens with one attached hydrogen (secondary N) is 1. The molecule has 2 aliphatic heterocycles. The number of aliphatic imine (C=N–C) groups is 1. The van der Waals surface area contributed by atoms with E-state index in [0.717, 1.165) is 63.8 Å². The van der Waals surface area contributed by atoms with Gasteiger partial charge in [-0.05, 0) is 64.0 Å². The van der Waals surface area contributed by atoms with Crippen LogP contribution in [0.4, 0.5) is 0 Å². The third kappa shape index (κ3) is 8.42. The van der Waals surface area contributed by atoms with Crippen LogP contribution in [0.25, 0.3) is 0 Å². The first kappa shape index (κ1) is 26.2. The highest BCUT2D eigenvalue weighted by Crippen LogP contribution is 2.22. The van der Waals surface area contributed by atoms with Gasteiger partial charge in [0.15, 0.2) is 5.96 Å². The fraction of sp³-hybridized carbons (Fsp3) is 0.708. The molecule has 2 heterocycles. The molecule has 1 atom stereocenters. The molecule has 0 amide bonds. The van der Waals surface area contributed by atoms with Gasteiger partial charge in [-0.2, -0.15) is 0 Å². The lowest BCUT2D eigenvalue weighted by molar-refractivity contribution is -0.0721. The smallest absolute Gasteiger partial charge is 0.194 e. The van der Waals surface area contributed by atoms with Crippen LogP contribution in [0.2, 0.25) is 0 Å². The van der Waals surface area contributed by atoms with Crippen LogP contribution in [-0.2, 0) is 9.47 Å². The molecule has 0 saturated carbocycles. The number of benzene rings is 1. The molecule has 0 radical (unpaired) electrons. The standard InChI is InChI=1S/C24H39N3O3.HI/c1-4-25-24(26-13-17-29-23-19(2)8-7-9-20(23)3)27-14-11-21(12-15-27)30-18-22-10-5-6-16-28-22;/h7-9,21-22H,4-6,10-18H2,1-3H3,(H,25,26);1H. The van der Waals surface area contributed by atoms with E-state index in [1.165, 1.54) is 24.0 Å². The molecule has 1 N–H and O–H groups in total. The first-order valence-corrected chi connectivity index (χ1v) is 11.6. The zero-order valence-electron chi connectivity index (χ0n) is 19.4. The summed E-state index contributed by atoms with van der Waals surface area (Å²) >= 11 is 0. The third-order valence-corrected chi connectivity index (χ3v) is 5.88. The number of guanidine groups is 1. The van der Waals surface area contributed by atoms with Crippen LogP contribution in [0, 0.1) is 13.8 Å². The van der Waals surface area contributed by atoms with Crippen molar-refractivity contribution in [1.82, 2.24) is 10.2 Å². The molecule has 176 valence electrons. The molecule has 0 spiro atoms. The zero-order valence-corrected chi connectivity index (χ0v) is 21.7. The Morgan fingerprint density at radius 2 is 1.90 bits per heavy atom. The van der Waals surface area contributed by atoms with E-state index in [4.69, 9.17) is 19.2 Å². The van der Waals surface area contributed by atoms with E-state index in [0.29, 0.717) is 25.4 Å². The number of nitrogens with zero attached hydrogens (tertiary/aromatic N) is 2. The van der Waals surface area contributed by atoms with E-state index >= 15 is 0 Å². The Hall–Kier alpha value is -1.06. The molecule has 2 aliphatic rings. The Labute approximate surface area is 205 Å². The number of hydrogen-bond acceptors (Lipinski definition) is 4. The lowest BCUT2D eigenvalue weighted by Crippen LogP contribution is -2.47. The second-order valence-electron chi connectivity index (χ2n) is 8.31. The summed E-state index contributed by atoms with van der Waals surface area (Å²) < 4.78 is 17.9. The molecule has 1 unspecified atom stereocenters. The summed E-state index contributed by atoms with van der Waals surface area (Å²) in [7, 11) is 0. The number of likely N-dealkylation sites (tertiary alicyclic amines) is 1. The first-order valence-electron chi connectivity index (χ1n) is 11.6. The maximum absolute atomic E-state index is 6.15. The molecular formula is C24H40IN3O3. The minimum absolute atomic E-state index is 0.